The Hall–Kier alpha value is -3.62. The molecule has 0 bridgehead atoms. The zero-order valence-electron chi connectivity index (χ0n) is 20.2. The number of carbonyl (C=O) groups excluding carboxylic acids is 1. The monoisotopic (exact) mass is 488 g/mol. The number of alkyl halides is 3. The van der Waals surface area contributed by atoms with E-state index >= 15 is 0 Å². The predicted molar refractivity (Wildman–Crippen MR) is 135 cm³/mol. The quantitative estimate of drug-likeness (QED) is 0.234. The molecule has 0 atom stereocenters. The largest absolute Gasteiger partial charge is 0.416 e. The molecule has 6 nitrogen and oxygen atoms in total. The van der Waals surface area contributed by atoms with E-state index in [0.717, 1.165) is 23.0 Å². The van der Waals surface area contributed by atoms with Crippen molar-refractivity contribution in [1.82, 2.24) is 9.88 Å². The van der Waals surface area contributed by atoms with Gasteiger partial charge in [0.05, 0.1) is 23.2 Å². The van der Waals surface area contributed by atoms with Crippen molar-refractivity contribution in [3.8, 4) is 0 Å². The summed E-state index contributed by atoms with van der Waals surface area (Å²) in [6.07, 6.45) is -1.46. The number of aryl methyl sites for hydroxylation is 1. The zero-order valence-corrected chi connectivity index (χ0v) is 20.2. The molecular formula is C26H31F3N4O2. The van der Waals surface area contributed by atoms with Gasteiger partial charge >= 0.3 is 6.18 Å². The maximum Gasteiger partial charge on any atom is 0.416 e. The van der Waals surface area contributed by atoms with Crippen LogP contribution in [0.3, 0.4) is 0 Å². The highest BCUT2D eigenvalue weighted by Crippen LogP contribution is 2.29. The summed E-state index contributed by atoms with van der Waals surface area (Å²) in [5.41, 5.74) is 3.94. The Balaban J connectivity index is 0.00000210. The smallest absolute Gasteiger partial charge is 0.356 e. The molecule has 1 aromatic heterocycles. The molecule has 0 fully saturated rings. The number of carbonyl (C=O) groups is 1. The van der Waals surface area contributed by atoms with Crippen molar-refractivity contribution >= 4 is 28.7 Å². The Labute approximate surface area is 202 Å². The molecule has 1 heterocycles. The van der Waals surface area contributed by atoms with Crippen LogP contribution in [-0.2, 0) is 23.9 Å². The van der Waals surface area contributed by atoms with Gasteiger partial charge in [0.15, 0.2) is 0 Å². The molecule has 3 rings (SSSR count). The Morgan fingerprint density at radius 1 is 1.06 bits per heavy atom. The molecule has 0 spiro atoms. The molecular weight excluding hydrogens is 457 g/mol. The molecule has 35 heavy (non-hydrogen) atoms. The average Bonchev–Trinajstić information content (AvgIpc) is 2.84. The van der Waals surface area contributed by atoms with Gasteiger partial charge in [-0.15, -0.1) is 0 Å². The minimum Gasteiger partial charge on any atom is -0.356 e. The van der Waals surface area contributed by atoms with Crippen LogP contribution in [0, 0.1) is 0 Å². The van der Waals surface area contributed by atoms with Crippen LogP contribution >= 0.6 is 0 Å². The number of para-hydroxylation sites is 1. The van der Waals surface area contributed by atoms with Crippen molar-refractivity contribution in [1.29, 1.82) is 0 Å². The average molecular weight is 489 g/mol. The normalized spacial score (nSPS) is 11.3. The molecule has 0 unspecified atom stereocenters. The number of anilines is 1. The second-order valence-electron chi connectivity index (χ2n) is 7.49. The minimum atomic E-state index is -4.39. The summed E-state index contributed by atoms with van der Waals surface area (Å²) in [6, 6.07) is 13.6. The van der Waals surface area contributed by atoms with E-state index in [0.29, 0.717) is 37.2 Å². The van der Waals surface area contributed by atoms with Gasteiger partial charge in [0.1, 0.15) is 0 Å². The first-order valence-corrected chi connectivity index (χ1v) is 11.6. The van der Waals surface area contributed by atoms with Crippen molar-refractivity contribution < 1.29 is 18.0 Å². The van der Waals surface area contributed by atoms with Gasteiger partial charge in [-0.3, -0.25) is 15.0 Å². The van der Waals surface area contributed by atoms with E-state index < -0.39 is 11.7 Å². The summed E-state index contributed by atoms with van der Waals surface area (Å²) < 4.78 is 39.5. The van der Waals surface area contributed by atoms with Crippen molar-refractivity contribution in [2.24, 2.45) is 5.10 Å². The van der Waals surface area contributed by atoms with Crippen molar-refractivity contribution in [2.45, 2.75) is 52.8 Å². The van der Waals surface area contributed by atoms with Gasteiger partial charge in [0.2, 0.25) is 5.91 Å². The third-order valence-corrected chi connectivity index (χ3v) is 5.11. The zero-order chi connectivity index (χ0) is 25.8. The Morgan fingerprint density at radius 3 is 2.40 bits per heavy atom. The maximum absolute atomic E-state index is 12.6. The maximum atomic E-state index is 12.6. The lowest BCUT2D eigenvalue weighted by Crippen LogP contribution is -2.27. The van der Waals surface area contributed by atoms with Crippen LogP contribution in [0.1, 0.15) is 44.7 Å². The van der Waals surface area contributed by atoms with Crippen LogP contribution in [0.5, 0.6) is 0 Å². The number of unbranched alkanes of at least 4 members (excludes halogenated alkanes) is 1. The van der Waals surface area contributed by atoms with Gasteiger partial charge in [-0.25, -0.2) is 0 Å². The highest BCUT2D eigenvalue weighted by molar-refractivity contribution is 5.91. The lowest BCUT2D eigenvalue weighted by molar-refractivity contribution is -0.137. The number of fused-ring (bicyclic) bond motifs is 1. The SMILES string of the molecule is C/C=N/Nc1cc(=O)n(CCCCNC(=O)Cc2ccc(C(F)(F)F)cc2)c2ccccc12.CC. The second kappa shape index (κ2) is 13.3. The molecule has 1 amide bonds. The van der Waals surface area contributed by atoms with E-state index in [-0.39, 0.29) is 17.9 Å². The van der Waals surface area contributed by atoms with Crippen molar-refractivity contribution in [3.05, 3.63) is 76.1 Å². The summed E-state index contributed by atoms with van der Waals surface area (Å²) in [5, 5.41) is 7.65. The van der Waals surface area contributed by atoms with E-state index in [1.807, 2.05) is 38.1 Å². The first-order valence-electron chi connectivity index (χ1n) is 11.6. The number of pyridine rings is 1. The number of hydrogen-bond donors (Lipinski definition) is 2. The van der Waals surface area contributed by atoms with Gasteiger partial charge in [-0.2, -0.15) is 18.3 Å². The summed E-state index contributed by atoms with van der Waals surface area (Å²) in [5.74, 6) is -0.260. The molecule has 0 radical (unpaired) electrons. The van der Waals surface area contributed by atoms with Gasteiger partial charge in [0, 0.05) is 30.8 Å². The van der Waals surface area contributed by atoms with E-state index in [4.69, 9.17) is 0 Å². The van der Waals surface area contributed by atoms with E-state index in [2.05, 4.69) is 15.8 Å². The van der Waals surface area contributed by atoms with Gasteiger partial charge in [-0.1, -0.05) is 44.2 Å². The molecule has 0 aliphatic carbocycles. The number of benzene rings is 2. The molecule has 0 saturated heterocycles. The topological polar surface area (TPSA) is 75.5 Å². The van der Waals surface area contributed by atoms with E-state index in [1.54, 1.807) is 17.7 Å². The standard InChI is InChI=1S/C24H25F3N4O2.C2H6/c1-2-29-30-20-16-23(33)31(21-8-4-3-7-19(20)21)14-6-5-13-28-22(32)15-17-9-11-18(12-10-17)24(25,26)27;1-2/h2-4,7-12,16,30H,5-6,13-15H2,1H3,(H,28,32);1-2H3/b29-2+;. The van der Waals surface area contributed by atoms with Crippen LogP contribution in [0.4, 0.5) is 18.9 Å². The summed E-state index contributed by atoms with van der Waals surface area (Å²) in [6.45, 7) is 6.68. The Kier molecular flexibility index (Phi) is 10.5. The minimum absolute atomic E-state index is 0.0109. The molecule has 9 heteroatoms. The van der Waals surface area contributed by atoms with Crippen LogP contribution in [-0.4, -0.2) is 23.2 Å². The van der Waals surface area contributed by atoms with E-state index in [1.165, 1.54) is 18.2 Å². The van der Waals surface area contributed by atoms with E-state index in [9.17, 15) is 22.8 Å². The Bertz CT molecular complexity index is 1190. The van der Waals surface area contributed by atoms with Gasteiger partial charge in [-0.05, 0) is 43.5 Å². The first-order chi connectivity index (χ1) is 16.8. The van der Waals surface area contributed by atoms with Gasteiger partial charge < -0.3 is 9.88 Å². The van der Waals surface area contributed by atoms with Crippen LogP contribution < -0.4 is 16.3 Å². The third kappa shape index (κ3) is 7.98. The molecule has 0 saturated carbocycles. The number of aromatic nitrogens is 1. The lowest BCUT2D eigenvalue weighted by Gasteiger charge is -2.13. The highest BCUT2D eigenvalue weighted by Gasteiger charge is 2.29. The molecule has 2 N–H and O–H groups in total. The van der Waals surface area contributed by atoms with Gasteiger partial charge in [0.25, 0.3) is 5.56 Å². The third-order valence-electron chi connectivity index (χ3n) is 5.11. The fraction of sp³-hybridized carbons (Fsp3) is 0.346. The fourth-order valence-electron chi connectivity index (χ4n) is 3.47. The van der Waals surface area contributed by atoms with Crippen molar-refractivity contribution in [3.63, 3.8) is 0 Å². The van der Waals surface area contributed by atoms with Crippen molar-refractivity contribution in [2.75, 3.05) is 12.0 Å². The Morgan fingerprint density at radius 2 is 1.74 bits per heavy atom. The lowest BCUT2D eigenvalue weighted by atomic mass is 10.1. The molecule has 188 valence electrons. The number of amides is 1. The second-order valence-corrected chi connectivity index (χ2v) is 7.49. The van der Waals surface area contributed by atoms with Crippen LogP contribution in [0.25, 0.3) is 10.9 Å². The summed E-state index contributed by atoms with van der Waals surface area (Å²) >= 11 is 0. The number of rotatable bonds is 9. The number of nitrogens with one attached hydrogen (secondary N) is 2. The van der Waals surface area contributed by atoms with Crippen LogP contribution in [0.2, 0.25) is 0 Å². The molecule has 0 aliphatic rings. The first kappa shape index (κ1) is 27.6. The highest BCUT2D eigenvalue weighted by atomic mass is 19.4. The summed E-state index contributed by atoms with van der Waals surface area (Å²) in [7, 11) is 0. The number of hydrazone groups is 1. The number of hydrogen-bond acceptors (Lipinski definition) is 4. The van der Waals surface area contributed by atoms with Crippen LogP contribution in [0.15, 0.2) is 64.5 Å². The molecule has 2 aromatic carbocycles. The number of nitrogens with zero attached hydrogens (tertiary/aromatic N) is 2. The number of halogens is 3. The summed E-state index contributed by atoms with van der Waals surface area (Å²) in [4.78, 5) is 24.7. The molecule has 0 aliphatic heterocycles. The fourth-order valence-corrected chi connectivity index (χ4v) is 3.47. The predicted octanol–water partition coefficient (Wildman–Crippen LogP) is 5.60. The molecule has 3 aromatic rings.